The fourth-order valence-electron chi connectivity index (χ4n) is 2.74. The lowest BCUT2D eigenvalue weighted by Gasteiger charge is -2.08. The van der Waals surface area contributed by atoms with Crippen LogP contribution in [0.5, 0.6) is 0 Å². The lowest BCUT2D eigenvalue weighted by Crippen LogP contribution is -2.03. The quantitative estimate of drug-likeness (QED) is 0.515. The third kappa shape index (κ3) is 2.85. The third-order valence-corrected chi connectivity index (χ3v) is 5.12. The Morgan fingerprint density at radius 2 is 1.92 bits per heavy atom. The molecule has 0 bridgehead atoms. The van der Waals surface area contributed by atoms with Gasteiger partial charge in [0, 0.05) is 29.6 Å². The SMILES string of the molecule is CC[C@@H](C)n1cc(-c2nc(-c3cnn(PC)c3)cn3nccc23)cn1. The standard InChI is InChI=1S/C17H20N7P/c1-4-12(2)22-9-14(8-19-22)17-16-5-6-18-23(16)11-15(21-17)13-7-20-24(10-13)25-3/h5-12,25H,4H2,1-3H3/t12-/m1/s1. The van der Waals surface area contributed by atoms with Crippen molar-refractivity contribution in [2.45, 2.75) is 26.3 Å². The average molecular weight is 353 g/mol. The van der Waals surface area contributed by atoms with Crippen LogP contribution in [-0.4, -0.2) is 40.6 Å². The first-order valence-electron chi connectivity index (χ1n) is 8.31. The molecule has 2 atom stereocenters. The van der Waals surface area contributed by atoms with Crippen molar-refractivity contribution in [1.82, 2.24) is 33.9 Å². The van der Waals surface area contributed by atoms with E-state index >= 15 is 0 Å². The van der Waals surface area contributed by atoms with Crippen molar-refractivity contribution >= 4 is 14.2 Å². The van der Waals surface area contributed by atoms with Crippen molar-refractivity contribution in [3.8, 4) is 22.5 Å². The second-order valence-corrected chi connectivity index (χ2v) is 6.90. The van der Waals surface area contributed by atoms with E-state index < -0.39 is 0 Å². The highest BCUT2D eigenvalue weighted by atomic mass is 31.1. The zero-order chi connectivity index (χ0) is 17.4. The van der Waals surface area contributed by atoms with Crippen molar-refractivity contribution in [2.75, 3.05) is 6.66 Å². The Morgan fingerprint density at radius 3 is 2.68 bits per heavy atom. The molecule has 1 unspecified atom stereocenters. The van der Waals surface area contributed by atoms with Gasteiger partial charge in [0.1, 0.15) is 0 Å². The Labute approximate surface area is 147 Å². The van der Waals surface area contributed by atoms with Gasteiger partial charge in [-0.3, -0.25) is 9.13 Å². The van der Waals surface area contributed by atoms with Gasteiger partial charge in [-0.15, -0.1) is 0 Å². The Balaban J connectivity index is 1.85. The van der Waals surface area contributed by atoms with Crippen molar-refractivity contribution in [3.63, 3.8) is 0 Å². The van der Waals surface area contributed by atoms with Crippen LogP contribution >= 0.6 is 8.73 Å². The van der Waals surface area contributed by atoms with Gasteiger partial charge >= 0.3 is 0 Å². The van der Waals surface area contributed by atoms with Crippen LogP contribution in [0.15, 0.2) is 43.2 Å². The third-order valence-electron chi connectivity index (χ3n) is 4.41. The summed E-state index contributed by atoms with van der Waals surface area (Å²) in [7, 11) is 0.595. The van der Waals surface area contributed by atoms with Gasteiger partial charge in [-0.25, -0.2) is 9.50 Å². The summed E-state index contributed by atoms with van der Waals surface area (Å²) < 4.78 is 5.78. The second-order valence-electron chi connectivity index (χ2n) is 6.00. The maximum atomic E-state index is 4.90. The van der Waals surface area contributed by atoms with E-state index in [2.05, 4.69) is 42.0 Å². The van der Waals surface area contributed by atoms with Crippen LogP contribution in [0.2, 0.25) is 0 Å². The van der Waals surface area contributed by atoms with Gasteiger partial charge in [0.15, 0.2) is 0 Å². The smallest absolute Gasteiger partial charge is 0.0999 e. The molecule has 0 N–H and O–H groups in total. The summed E-state index contributed by atoms with van der Waals surface area (Å²) in [4.78, 5) is 4.90. The van der Waals surface area contributed by atoms with Gasteiger partial charge in [0.25, 0.3) is 0 Å². The molecule has 0 amide bonds. The van der Waals surface area contributed by atoms with E-state index in [1.54, 1.807) is 6.20 Å². The summed E-state index contributed by atoms with van der Waals surface area (Å²) in [6.45, 7) is 6.41. The molecule has 7 nitrogen and oxygen atoms in total. The lowest BCUT2D eigenvalue weighted by molar-refractivity contribution is 0.478. The topological polar surface area (TPSA) is 65.8 Å². The molecule has 0 aromatic carbocycles. The first-order chi connectivity index (χ1) is 12.2. The monoisotopic (exact) mass is 353 g/mol. The van der Waals surface area contributed by atoms with E-state index in [1.165, 1.54) is 0 Å². The summed E-state index contributed by atoms with van der Waals surface area (Å²) in [6, 6.07) is 2.34. The van der Waals surface area contributed by atoms with Gasteiger partial charge in [-0.1, -0.05) is 6.92 Å². The molecule has 4 aromatic rings. The van der Waals surface area contributed by atoms with E-state index in [1.807, 2.05) is 44.5 Å². The molecule has 8 heteroatoms. The van der Waals surface area contributed by atoms with Gasteiger partial charge in [0.05, 0.1) is 41.7 Å². The number of aromatic nitrogens is 7. The van der Waals surface area contributed by atoms with Gasteiger partial charge in [-0.2, -0.15) is 15.3 Å². The van der Waals surface area contributed by atoms with Crippen molar-refractivity contribution in [2.24, 2.45) is 0 Å². The van der Waals surface area contributed by atoms with Crippen LogP contribution in [0, 0.1) is 0 Å². The second kappa shape index (κ2) is 6.41. The summed E-state index contributed by atoms with van der Waals surface area (Å²) in [5, 5.41) is 13.3. The fraction of sp³-hybridized carbons (Fsp3) is 0.294. The maximum Gasteiger partial charge on any atom is 0.0999 e. The van der Waals surface area contributed by atoms with Crippen LogP contribution < -0.4 is 0 Å². The fourth-order valence-corrected chi connectivity index (χ4v) is 3.19. The summed E-state index contributed by atoms with van der Waals surface area (Å²) in [5.41, 5.74) is 4.69. The van der Waals surface area contributed by atoms with Crippen molar-refractivity contribution < 1.29 is 0 Å². The van der Waals surface area contributed by atoms with E-state index in [0.717, 1.165) is 34.5 Å². The Bertz CT molecular complexity index is 1010. The van der Waals surface area contributed by atoms with Crippen molar-refractivity contribution in [1.29, 1.82) is 0 Å². The van der Waals surface area contributed by atoms with E-state index in [9.17, 15) is 0 Å². The molecule has 0 saturated carbocycles. The summed E-state index contributed by atoms with van der Waals surface area (Å²) >= 11 is 0. The molecule has 0 aliphatic rings. The zero-order valence-corrected chi connectivity index (χ0v) is 15.5. The van der Waals surface area contributed by atoms with Crippen LogP contribution in [0.25, 0.3) is 28.0 Å². The number of hydrogen-bond donors (Lipinski definition) is 0. The normalized spacial score (nSPS) is 13.2. The molecule has 4 aromatic heterocycles. The van der Waals surface area contributed by atoms with Crippen LogP contribution in [0.4, 0.5) is 0 Å². The van der Waals surface area contributed by atoms with Gasteiger partial charge in [-0.05, 0) is 34.8 Å². The molecule has 0 saturated heterocycles. The molecule has 0 aliphatic carbocycles. The Hall–Kier alpha value is -2.53. The molecule has 4 heterocycles. The summed E-state index contributed by atoms with van der Waals surface area (Å²) in [5.74, 6) is 0. The molecule has 0 fully saturated rings. The summed E-state index contributed by atoms with van der Waals surface area (Å²) in [6.07, 6.45) is 12.6. The molecular weight excluding hydrogens is 333 g/mol. The first-order valence-corrected chi connectivity index (χ1v) is 9.76. The predicted molar refractivity (Wildman–Crippen MR) is 100 cm³/mol. The predicted octanol–water partition coefficient (Wildman–Crippen LogP) is 3.50. The lowest BCUT2D eigenvalue weighted by atomic mass is 10.2. The highest BCUT2D eigenvalue weighted by molar-refractivity contribution is 7.35. The number of fused-ring (bicyclic) bond motifs is 1. The van der Waals surface area contributed by atoms with E-state index in [0.29, 0.717) is 14.8 Å². The highest BCUT2D eigenvalue weighted by Gasteiger charge is 2.14. The number of nitrogens with zero attached hydrogens (tertiary/aromatic N) is 7. The minimum Gasteiger partial charge on any atom is -0.269 e. The van der Waals surface area contributed by atoms with E-state index in [4.69, 9.17) is 4.98 Å². The first kappa shape index (κ1) is 16.0. The maximum absolute atomic E-state index is 4.90. The van der Waals surface area contributed by atoms with Crippen LogP contribution in [-0.2, 0) is 0 Å². The molecule has 0 radical (unpaired) electrons. The minimum absolute atomic E-state index is 0.363. The van der Waals surface area contributed by atoms with E-state index in [-0.39, 0.29) is 0 Å². The molecule has 0 aliphatic heterocycles. The van der Waals surface area contributed by atoms with Crippen LogP contribution in [0.3, 0.4) is 0 Å². The largest absolute Gasteiger partial charge is 0.269 e. The number of hydrogen-bond acceptors (Lipinski definition) is 4. The Morgan fingerprint density at radius 1 is 1.08 bits per heavy atom. The highest BCUT2D eigenvalue weighted by Crippen LogP contribution is 2.27. The zero-order valence-electron chi connectivity index (χ0n) is 14.5. The van der Waals surface area contributed by atoms with Crippen molar-refractivity contribution in [3.05, 3.63) is 43.2 Å². The molecule has 128 valence electrons. The molecular formula is C17H20N7P. The van der Waals surface area contributed by atoms with Gasteiger partial charge in [0.2, 0.25) is 0 Å². The molecule has 4 rings (SSSR count). The minimum atomic E-state index is 0.363. The van der Waals surface area contributed by atoms with Gasteiger partial charge < -0.3 is 0 Å². The average Bonchev–Trinajstić information content (AvgIpc) is 3.39. The molecule has 0 spiro atoms. The van der Waals surface area contributed by atoms with Crippen LogP contribution in [0.1, 0.15) is 26.3 Å². The Kier molecular flexibility index (Phi) is 4.09. The molecule has 25 heavy (non-hydrogen) atoms. The number of rotatable bonds is 5.